The highest BCUT2D eigenvalue weighted by atomic mass is 16.1. The Bertz CT molecular complexity index is 996. The van der Waals surface area contributed by atoms with E-state index in [9.17, 15) is 4.79 Å². The first-order valence-corrected chi connectivity index (χ1v) is 6.56. The van der Waals surface area contributed by atoms with Gasteiger partial charge in [0.05, 0.1) is 12.7 Å². The zero-order valence-electron chi connectivity index (χ0n) is 11.0. The van der Waals surface area contributed by atoms with Crippen molar-refractivity contribution in [3.05, 3.63) is 64.6 Å². The van der Waals surface area contributed by atoms with E-state index >= 15 is 0 Å². The Morgan fingerprint density at radius 2 is 1.95 bits per heavy atom. The second-order valence-electron chi connectivity index (χ2n) is 4.82. The third-order valence-electron chi connectivity index (χ3n) is 3.53. The van der Waals surface area contributed by atoms with Gasteiger partial charge < -0.3 is 0 Å². The predicted molar refractivity (Wildman–Crippen MR) is 79.0 cm³/mol. The molecule has 4 rings (SSSR count). The van der Waals surface area contributed by atoms with Crippen LogP contribution in [0.2, 0.25) is 0 Å². The van der Waals surface area contributed by atoms with E-state index in [-0.39, 0.29) is 5.56 Å². The van der Waals surface area contributed by atoms with E-state index < -0.39 is 0 Å². The van der Waals surface area contributed by atoms with Crippen LogP contribution in [-0.4, -0.2) is 25.2 Å². The van der Waals surface area contributed by atoms with Gasteiger partial charge in [-0.2, -0.15) is 5.10 Å². The Kier molecular flexibility index (Phi) is 2.53. The number of aromatic nitrogens is 5. The van der Waals surface area contributed by atoms with Crippen LogP contribution in [0.5, 0.6) is 0 Å². The Morgan fingerprint density at radius 1 is 1.10 bits per heavy atom. The van der Waals surface area contributed by atoms with Crippen molar-refractivity contribution >= 4 is 21.8 Å². The Morgan fingerprint density at radius 3 is 2.90 bits per heavy atom. The first-order chi connectivity index (χ1) is 10.3. The van der Waals surface area contributed by atoms with Crippen LogP contribution in [0.25, 0.3) is 21.8 Å². The zero-order valence-corrected chi connectivity index (χ0v) is 11.0. The van der Waals surface area contributed by atoms with Crippen LogP contribution in [-0.2, 0) is 6.54 Å². The van der Waals surface area contributed by atoms with Crippen LogP contribution in [0.4, 0.5) is 0 Å². The fourth-order valence-electron chi connectivity index (χ4n) is 2.48. The molecule has 0 aliphatic rings. The van der Waals surface area contributed by atoms with Crippen LogP contribution in [0, 0.1) is 0 Å². The number of hydrogen-bond acceptors (Lipinski definition) is 4. The summed E-state index contributed by atoms with van der Waals surface area (Å²) in [6.07, 6.45) is 1.49. The second-order valence-corrected chi connectivity index (χ2v) is 4.82. The molecule has 0 bridgehead atoms. The molecular weight excluding hydrogens is 266 g/mol. The van der Waals surface area contributed by atoms with Gasteiger partial charge in [-0.15, -0.1) is 5.10 Å². The van der Waals surface area contributed by atoms with E-state index in [0.29, 0.717) is 17.6 Å². The molecule has 1 N–H and O–H groups in total. The largest absolute Gasteiger partial charge is 0.295 e. The van der Waals surface area contributed by atoms with Gasteiger partial charge in [-0.25, -0.2) is 4.68 Å². The highest BCUT2D eigenvalue weighted by Gasteiger charge is 2.09. The van der Waals surface area contributed by atoms with Gasteiger partial charge in [-0.3, -0.25) is 9.89 Å². The average Bonchev–Trinajstić information content (AvgIpc) is 3.00. The molecule has 0 amide bonds. The minimum Gasteiger partial charge on any atom is -0.271 e. The van der Waals surface area contributed by atoms with Crippen molar-refractivity contribution in [2.75, 3.05) is 0 Å². The van der Waals surface area contributed by atoms with Crippen molar-refractivity contribution in [3.63, 3.8) is 0 Å². The molecule has 0 fully saturated rings. The number of benzene rings is 2. The summed E-state index contributed by atoms with van der Waals surface area (Å²) >= 11 is 0. The predicted octanol–water partition coefficient (Wildman–Crippen LogP) is 1.72. The first-order valence-electron chi connectivity index (χ1n) is 6.56. The molecule has 6 heteroatoms. The van der Waals surface area contributed by atoms with E-state index in [1.165, 1.54) is 10.9 Å². The van der Waals surface area contributed by atoms with Gasteiger partial charge in [-0.05, 0) is 16.3 Å². The van der Waals surface area contributed by atoms with Gasteiger partial charge in [0.1, 0.15) is 5.52 Å². The number of H-pyrrole nitrogens is 1. The average molecular weight is 277 g/mol. The molecule has 102 valence electrons. The number of hydrogen-bond donors (Lipinski definition) is 1. The summed E-state index contributed by atoms with van der Waals surface area (Å²) in [7, 11) is 0. The topological polar surface area (TPSA) is 76.5 Å². The summed E-state index contributed by atoms with van der Waals surface area (Å²) in [6.45, 7) is 0.377. The monoisotopic (exact) mass is 277 g/mol. The van der Waals surface area contributed by atoms with Crippen molar-refractivity contribution in [2.45, 2.75) is 6.54 Å². The third-order valence-corrected chi connectivity index (χ3v) is 3.53. The number of aromatic amines is 1. The van der Waals surface area contributed by atoms with Crippen molar-refractivity contribution in [1.29, 1.82) is 0 Å². The van der Waals surface area contributed by atoms with Crippen molar-refractivity contribution in [3.8, 4) is 0 Å². The number of rotatable bonds is 2. The molecule has 0 saturated carbocycles. The lowest BCUT2D eigenvalue weighted by Crippen LogP contribution is -2.24. The molecule has 0 aliphatic carbocycles. The van der Waals surface area contributed by atoms with Crippen molar-refractivity contribution in [1.82, 2.24) is 25.2 Å². The molecule has 0 unspecified atom stereocenters. The number of nitrogens with one attached hydrogen (secondary N) is 1. The van der Waals surface area contributed by atoms with E-state index in [2.05, 4.69) is 20.5 Å². The minimum absolute atomic E-state index is 0.217. The van der Waals surface area contributed by atoms with Crippen LogP contribution in [0.3, 0.4) is 0 Å². The summed E-state index contributed by atoms with van der Waals surface area (Å²) in [6, 6.07) is 14.1. The van der Waals surface area contributed by atoms with E-state index in [1.54, 1.807) is 0 Å². The van der Waals surface area contributed by atoms with Gasteiger partial charge in [0.15, 0.2) is 5.52 Å². The van der Waals surface area contributed by atoms with E-state index in [1.807, 2.05) is 42.5 Å². The lowest BCUT2D eigenvalue weighted by Gasteiger charge is -2.07. The normalized spacial score (nSPS) is 11.2. The summed E-state index contributed by atoms with van der Waals surface area (Å²) in [5, 5.41) is 16.7. The van der Waals surface area contributed by atoms with Gasteiger partial charge in [-0.1, -0.05) is 47.7 Å². The molecule has 21 heavy (non-hydrogen) atoms. The fraction of sp³-hybridized carbons (Fsp3) is 0.0667. The van der Waals surface area contributed by atoms with Gasteiger partial charge in [0.25, 0.3) is 5.56 Å². The van der Waals surface area contributed by atoms with Gasteiger partial charge in [0.2, 0.25) is 0 Å². The van der Waals surface area contributed by atoms with Gasteiger partial charge >= 0.3 is 0 Å². The Labute approximate surface area is 119 Å². The molecule has 4 aromatic rings. The van der Waals surface area contributed by atoms with Crippen LogP contribution in [0.15, 0.2) is 53.5 Å². The summed E-state index contributed by atoms with van der Waals surface area (Å²) in [5.74, 6) is 0. The minimum atomic E-state index is -0.217. The SMILES string of the molecule is O=c1c2[nH]ncc2nnn1Cc1cccc2ccccc12. The summed E-state index contributed by atoms with van der Waals surface area (Å²) < 4.78 is 1.35. The van der Waals surface area contributed by atoms with Gasteiger partial charge in [0, 0.05) is 0 Å². The molecular formula is C15H11N5O. The standard InChI is InChI=1S/C15H11N5O/c21-15-14-13(8-16-18-14)17-19-20(15)9-11-6-3-5-10-4-1-2-7-12(10)11/h1-8H,9H2,(H,16,18). The van der Waals surface area contributed by atoms with E-state index in [0.717, 1.165) is 16.3 Å². The lowest BCUT2D eigenvalue weighted by atomic mass is 10.0. The number of fused-ring (bicyclic) bond motifs is 2. The molecule has 6 nitrogen and oxygen atoms in total. The summed E-state index contributed by atoms with van der Waals surface area (Å²) in [4.78, 5) is 12.3. The Balaban J connectivity index is 1.87. The lowest BCUT2D eigenvalue weighted by molar-refractivity contribution is 0.602. The quantitative estimate of drug-likeness (QED) is 0.605. The van der Waals surface area contributed by atoms with Crippen molar-refractivity contribution < 1.29 is 0 Å². The number of nitrogens with zero attached hydrogens (tertiary/aromatic N) is 4. The van der Waals surface area contributed by atoms with Crippen LogP contribution in [0.1, 0.15) is 5.56 Å². The highest BCUT2D eigenvalue weighted by molar-refractivity contribution is 5.85. The molecule has 0 aliphatic heterocycles. The Hall–Kier alpha value is -3.02. The molecule has 0 radical (unpaired) electrons. The van der Waals surface area contributed by atoms with E-state index in [4.69, 9.17) is 0 Å². The molecule has 0 atom stereocenters. The highest BCUT2D eigenvalue weighted by Crippen LogP contribution is 2.18. The smallest absolute Gasteiger partial charge is 0.271 e. The summed E-state index contributed by atoms with van der Waals surface area (Å²) in [5.41, 5.74) is 1.67. The van der Waals surface area contributed by atoms with Crippen LogP contribution < -0.4 is 5.56 Å². The third kappa shape index (κ3) is 1.88. The molecule has 2 heterocycles. The fourth-order valence-corrected chi connectivity index (χ4v) is 2.48. The second kappa shape index (κ2) is 4.52. The van der Waals surface area contributed by atoms with Crippen molar-refractivity contribution in [2.24, 2.45) is 0 Å². The zero-order chi connectivity index (χ0) is 14.2. The molecule has 2 aromatic heterocycles. The maximum absolute atomic E-state index is 12.3. The maximum Gasteiger partial charge on any atom is 0.295 e. The molecule has 2 aromatic carbocycles. The molecule has 0 spiro atoms. The maximum atomic E-state index is 12.3. The molecule has 0 saturated heterocycles. The van der Waals surface area contributed by atoms with Crippen LogP contribution >= 0.6 is 0 Å². The first kappa shape index (κ1) is 11.8.